The predicted octanol–water partition coefficient (Wildman–Crippen LogP) is 4.54. The van der Waals surface area contributed by atoms with Crippen molar-refractivity contribution in [3.05, 3.63) is 87.7 Å². The van der Waals surface area contributed by atoms with Crippen LogP contribution in [0.2, 0.25) is 5.02 Å². The lowest BCUT2D eigenvalue weighted by atomic mass is 10.1. The van der Waals surface area contributed by atoms with E-state index in [-0.39, 0.29) is 0 Å². The first kappa shape index (κ1) is 16.2. The number of aryl methyl sites for hydroxylation is 1. The summed E-state index contributed by atoms with van der Waals surface area (Å²) in [5, 5.41) is 10.1. The van der Waals surface area contributed by atoms with Gasteiger partial charge in [0.1, 0.15) is 11.8 Å². The molecule has 0 unspecified atom stereocenters. The van der Waals surface area contributed by atoms with Crippen molar-refractivity contribution in [1.29, 1.82) is 5.26 Å². The van der Waals surface area contributed by atoms with Crippen LogP contribution in [-0.2, 0) is 13.0 Å². The van der Waals surface area contributed by atoms with E-state index >= 15 is 0 Å². The molecule has 1 heterocycles. The Morgan fingerprint density at radius 3 is 2.50 bits per heavy atom. The van der Waals surface area contributed by atoms with Crippen LogP contribution in [0.15, 0.2) is 54.6 Å². The summed E-state index contributed by atoms with van der Waals surface area (Å²) < 4.78 is 1.99. The second kappa shape index (κ2) is 6.82. The van der Waals surface area contributed by atoms with E-state index in [1.807, 2.05) is 34.9 Å². The number of anilines is 1. The first-order chi connectivity index (χ1) is 11.6. The van der Waals surface area contributed by atoms with Gasteiger partial charge in [-0.1, -0.05) is 53.6 Å². The predicted molar refractivity (Wildman–Crippen MR) is 98.1 cm³/mol. The summed E-state index contributed by atoms with van der Waals surface area (Å²) in [5.41, 5.74) is 11.9. The minimum atomic E-state index is 0.574. The normalized spacial score (nSPS) is 10.5. The van der Waals surface area contributed by atoms with E-state index < -0.39 is 0 Å². The molecule has 0 fully saturated rings. The maximum absolute atomic E-state index is 9.44. The lowest BCUT2D eigenvalue weighted by Crippen LogP contribution is -2.08. The van der Waals surface area contributed by atoms with Gasteiger partial charge in [-0.15, -0.1) is 0 Å². The number of nitriles is 1. The highest BCUT2D eigenvalue weighted by atomic mass is 35.5. The minimum Gasteiger partial charge on any atom is -0.397 e. The highest BCUT2D eigenvalue weighted by molar-refractivity contribution is 6.30. The number of hydrogen-bond acceptors (Lipinski definition) is 2. The fraction of sp³-hybridized carbons (Fsp3) is 0.150. The number of nitrogen functional groups attached to an aromatic ring is 1. The van der Waals surface area contributed by atoms with Gasteiger partial charge in [-0.05, 0) is 36.2 Å². The molecule has 0 aliphatic carbocycles. The molecule has 4 heteroatoms. The van der Waals surface area contributed by atoms with Gasteiger partial charge in [0.05, 0.1) is 5.69 Å². The third kappa shape index (κ3) is 3.45. The summed E-state index contributed by atoms with van der Waals surface area (Å²) in [5.74, 6) is 0. The van der Waals surface area contributed by atoms with Crippen LogP contribution in [0.3, 0.4) is 0 Å². The first-order valence-electron chi connectivity index (χ1n) is 7.75. The molecule has 2 N–H and O–H groups in total. The van der Waals surface area contributed by atoms with Crippen molar-refractivity contribution in [2.75, 3.05) is 5.73 Å². The molecule has 0 amide bonds. The van der Waals surface area contributed by atoms with Gasteiger partial charge in [0.25, 0.3) is 0 Å². The van der Waals surface area contributed by atoms with Crippen molar-refractivity contribution >= 4 is 17.3 Å². The molecule has 0 bridgehead atoms. The summed E-state index contributed by atoms with van der Waals surface area (Å²) in [6.45, 7) is 2.67. The third-order valence-corrected chi connectivity index (χ3v) is 4.32. The van der Waals surface area contributed by atoms with Crippen molar-refractivity contribution in [3.63, 3.8) is 0 Å². The Balaban J connectivity index is 1.98. The minimum absolute atomic E-state index is 0.574. The molecule has 0 saturated carbocycles. The van der Waals surface area contributed by atoms with E-state index in [1.54, 1.807) is 6.07 Å². The Hall–Kier alpha value is -2.70. The van der Waals surface area contributed by atoms with Crippen LogP contribution in [0.1, 0.15) is 28.1 Å². The molecule has 0 saturated heterocycles. The van der Waals surface area contributed by atoms with E-state index in [1.165, 1.54) is 11.1 Å². The Morgan fingerprint density at radius 1 is 1.08 bits per heavy atom. The van der Waals surface area contributed by atoms with Crippen molar-refractivity contribution in [2.45, 2.75) is 19.9 Å². The van der Waals surface area contributed by atoms with E-state index in [4.69, 9.17) is 17.3 Å². The summed E-state index contributed by atoms with van der Waals surface area (Å²) >= 11 is 5.95. The van der Waals surface area contributed by atoms with Gasteiger partial charge in [0.2, 0.25) is 0 Å². The second-order valence-corrected chi connectivity index (χ2v) is 6.36. The number of rotatable bonds is 4. The maximum atomic E-state index is 9.44. The fourth-order valence-electron chi connectivity index (χ4n) is 2.87. The van der Waals surface area contributed by atoms with E-state index in [0.717, 1.165) is 11.3 Å². The summed E-state index contributed by atoms with van der Waals surface area (Å²) in [6.07, 6.45) is 0.697. The van der Waals surface area contributed by atoms with E-state index in [2.05, 4.69) is 31.2 Å². The molecule has 2 aromatic carbocycles. The molecule has 3 rings (SSSR count). The number of hydrogen-bond donors (Lipinski definition) is 1. The second-order valence-electron chi connectivity index (χ2n) is 5.92. The number of nitrogens with zero attached hydrogens (tertiary/aromatic N) is 2. The highest BCUT2D eigenvalue weighted by Crippen LogP contribution is 2.24. The van der Waals surface area contributed by atoms with Crippen LogP contribution in [0.4, 0.5) is 5.69 Å². The molecule has 0 spiro atoms. The zero-order valence-corrected chi connectivity index (χ0v) is 14.2. The Labute approximate surface area is 146 Å². The zero-order valence-electron chi connectivity index (χ0n) is 13.5. The SMILES string of the molecule is Cc1cccc(Cc2c(N)cc(C#N)n2Cc2ccc(Cl)cc2)c1. The topological polar surface area (TPSA) is 54.7 Å². The fourth-order valence-corrected chi connectivity index (χ4v) is 2.99. The van der Waals surface area contributed by atoms with Gasteiger partial charge in [0, 0.05) is 23.7 Å². The van der Waals surface area contributed by atoms with Crippen molar-refractivity contribution < 1.29 is 0 Å². The average molecular weight is 336 g/mol. The Kier molecular flexibility index (Phi) is 4.59. The van der Waals surface area contributed by atoms with Crippen LogP contribution >= 0.6 is 11.6 Å². The molecule has 3 aromatic rings. The number of nitrogens with two attached hydrogens (primary N) is 1. The molecule has 0 radical (unpaired) electrons. The number of benzene rings is 2. The molecular weight excluding hydrogens is 318 g/mol. The monoisotopic (exact) mass is 335 g/mol. The van der Waals surface area contributed by atoms with Crippen molar-refractivity contribution in [1.82, 2.24) is 4.57 Å². The van der Waals surface area contributed by atoms with E-state index in [9.17, 15) is 5.26 Å². The Bertz CT molecular complexity index is 902. The van der Waals surface area contributed by atoms with E-state index in [0.29, 0.717) is 29.4 Å². The van der Waals surface area contributed by atoms with Crippen LogP contribution < -0.4 is 5.73 Å². The van der Waals surface area contributed by atoms with Crippen LogP contribution in [0.25, 0.3) is 0 Å². The van der Waals surface area contributed by atoms with Crippen molar-refractivity contribution in [2.24, 2.45) is 0 Å². The largest absolute Gasteiger partial charge is 0.397 e. The quantitative estimate of drug-likeness (QED) is 0.760. The molecule has 1 aromatic heterocycles. The van der Waals surface area contributed by atoms with Gasteiger partial charge in [-0.2, -0.15) is 5.26 Å². The van der Waals surface area contributed by atoms with Crippen LogP contribution in [0, 0.1) is 18.3 Å². The number of aromatic nitrogens is 1. The molecule has 120 valence electrons. The van der Waals surface area contributed by atoms with Gasteiger partial charge in [0.15, 0.2) is 0 Å². The first-order valence-corrected chi connectivity index (χ1v) is 8.12. The van der Waals surface area contributed by atoms with Gasteiger partial charge in [-0.25, -0.2) is 0 Å². The van der Waals surface area contributed by atoms with Crippen LogP contribution in [0.5, 0.6) is 0 Å². The summed E-state index contributed by atoms with van der Waals surface area (Å²) in [7, 11) is 0. The maximum Gasteiger partial charge on any atom is 0.122 e. The van der Waals surface area contributed by atoms with Crippen LogP contribution in [-0.4, -0.2) is 4.57 Å². The molecule has 0 aliphatic rings. The van der Waals surface area contributed by atoms with Crippen molar-refractivity contribution in [3.8, 4) is 6.07 Å². The molecule has 3 nitrogen and oxygen atoms in total. The number of halogens is 1. The average Bonchev–Trinajstić information content (AvgIpc) is 2.85. The lowest BCUT2D eigenvalue weighted by Gasteiger charge is -2.12. The third-order valence-electron chi connectivity index (χ3n) is 4.06. The standard InChI is InChI=1S/C20H18ClN3/c1-14-3-2-4-16(9-14)10-20-19(23)11-18(12-22)24(20)13-15-5-7-17(21)8-6-15/h2-9,11H,10,13,23H2,1H3. The smallest absolute Gasteiger partial charge is 0.122 e. The molecular formula is C20H18ClN3. The highest BCUT2D eigenvalue weighted by Gasteiger charge is 2.14. The molecule has 0 atom stereocenters. The molecule has 0 aliphatic heterocycles. The summed E-state index contributed by atoms with van der Waals surface area (Å²) in [4.78, 5) is 0. The Morgan fingerprint density at radius 2 is 1.83 bits per heavy atom. The summed E-state index contributed by atoms with van der Waals surface area (Å²) in [6, 6.07) is 20.0. The lowest BCUT2D eigenvalue weighted by molar-refractivity contribution is 0.749. The van der Waals surface area contributed by atoms with Gasteiger partial charge < -0.3 is 10.3 Å². The van der Waals surface area contributed by atoms with Gasteiger partial charge >= 0.3 is 0 Å². The zero-order chi connectivity index (χ0) is 17.1. The van der Waals surface area contributed by atoms with Gasteiger partial charge in [-0.3, -0.25) is 0 Å². The molecule has 24 heavy (non-hydrogen) atoms.